The van der Waals surface area contributed by atoms with E-state index in [9.17, 15) is 9.90 Å². The Morgan fingerprint density at radius 1 is 1.45 bits per heavy atom. The average Bonchev–Trinajstić information content (AvgIpc) is 2.81. The van der Waals surface area contributed by atoms with Crippen LogP contribution in [0.4, 0.5) is 0 Å². The number of aryl methyl sites for hydroxylation is 1. The Morgan fingerprint density at radius 3 is 2.85 bits per heavy atom. The second kappa shape index (κ2) is 6.05. The first-order valence-electron chi connectivity index (χ1n) is 6.88. The van der Waals surface area contributed by atoms with E-state index in [1.807, 2.05) is 10.6 Å². The van der Waals surface area contributed by atoms with Gasteiger partial charge in [-0.15, -0.1) is 0 Å². The number of carboxylic acids is 1. The fraction of sp³-hybridized carbons (Fsp3) is 0.467. The van der Waals surface area contributed by atoms with E-state index in [2.05, 4.69) is 30.8 Å². The number of carboxylic acid groups (broad SMARTS) is 1. The molecule has 20 heavy (non-hydrogen) atoms. The van der Waals surface area contributed by atoms with Crippen molar-refractivity contribution in [2.75, 3.05) is 13.6 Å². The van der Waals surface area contributed by atoms with Gasteiger partial charge in [-0.3, -0.25) is 0 Å². The summed E-state index contributed by atoms with van der Waals surface area (Å²) < 4.78 is 1.94. The summed E-state index contributed by atoms with van der Waals surface area (Å²) in [4.78, 5) is 17.8. The Balaban J connectivity index is 2.17. The SMILES string of the molecule is CC(C)N(C)CCCn1cnc2cccc(C(=O)O)c21. The van der Waals surface area contributed by atoms with Gasteiger partial charge in [0, 0.05) is 12.6 Å². The lowest BCUT2D eigenvalue weighted by atomic mass is 10.2. The van der Waals surface area contributed by atoms with Gasteiger partial charge in [-0.2, -0.15) is 0 Å². The second-order valence-corrected chi connectivity index (χ2v) is 5.34. The van der Waals surface area contributed by atoms with Gasteiger partial charge < -0.3 is 14.6 Å². The van der Waals surface area contributed by atoms with Gasteiger partial charge in [-0.1, -0.05) is 6.07 Å². The topological polar surface area (TPSA) is 58.4 Å². The molecule has 1 aromatic carbocycles. The molecule has 0 unspecified atom stereocenters. The van der Waals surface area contributed by atoms with Gasteiger partial charge in [-0.25, -0.2) is 9.78 Å². The summed E-state index contributed by atoms with van der Waals surface area (Å²) >= 11 is 0. The Labute approximate surface area is 118 Å². The zero-order valence-electron chi connectivity index (χ0n) is 12.2. The van der Waals surface area contributed by atoms with E-state index in [4.69, 9.17) is 0 Å². The Kier molecular flexibility index (Phi) is 4.39. The Hall–Kier alpha value is -1.88. The molecule has 0 aliphatic heterocycles. The number of nitrogens with zero attached hydrogens (tertiary/aromatic N) is 3. The standard InChI is InChI=1S/C15H21N3O2/c1-11(2)17(3)8-5-9-18-10-16-13-7-4-6-12(14(13)18)15(19)20/h4,6-7,10-11H,5,8-9H2,1-3H3,(H,19,20). The molecule has 0 aliphatic rings. The van der Waals surface area contributed by atoms with Crippen molar-refractivity contribution < 1.29 is 9.90 Å². The summed E-state index contributed by atoms with van der Waals surface area (Å²) in [5, 5.41) is 9.26. The lowest BCUT2D eigenvalue weighted by Gasteiger charge is -2.20. The molecule has 0 atom stereocenters. The summed E-state index contributed by atoms with van der Waals surface area (Å²) in [6.45, 7) is 6.08. The highest BCUT2D eigenvalue weighted by Gasteiger charge is 2.13. The van der Waals surface area contributed by atoms with Crippen molar-refractivity contribution in [3.8, 4) is 0 Å². The van der Waals surface area contributed by atoms with E-state index >= 15 is 0 Å². The number of benzene rings is 1. The van der Waals surface area contributed by atoms with Gasteiger partial charge in [-0.05, 0) is 46.0 Å². The molecule has 5 nitrogen and oxygen atoms in total. The number of carbonyl (C=O) groups is 1. The number of fused-ring (bicyclic) bond motifs is 1. The maximum Gasteiger partial charge on any atom is 0.337 e. The Bertz CT molecular complexity index is 604. The summed E-state index contributed by atoms with van der Waals surface area (Å²) in [7, 11) is 2.10. The van der Waals surface area contributed by atoms with Crippen molar-refractivity contribution in [3.63, 3.8) is 0 Å². The minimum atomic E-state index is -0.906. The number of aromatic nitrogens is 2. The van der Waals surface area contributed by atoms with Crippen molar-refractivity contribution in [2.24, 2.45) is 0 Å². The number of imidazole rings is 1. The molecule has 2 rings (SSSR count). The van der Waals surface area contributed by atoms with Crippen LogP contribution in [0.3, 0.4) is 0 Å². The zero-order valence-corrected chi connectivity index (χ0v) is 12.2. The molecule has 0 amide bonds. The van der Waals surface area contributed by atoms with E-state index in [1.165, 1.54) is 0 Å². The molecule has 0 spiro atoms. The lowest BCUT2D eigenvalue weighted by molar-refractivity contribution is 0.0698. The van der Waals surface area contributed by atoms with Gasteiger partial charge in [0.1, 0.15) is 0 Å². The third-order valence-corrected chi connectivity index (χ3v) is 3.66. The molecule has 0 bridgehead atoms. The van der Waals surface area contributed by atoms with Crippen molar-refractivity contribution in [1.82, 2.24) is 14.5 Å². The second-order valence-electron chi connectivity index (χ2n) is 5.34. The minimum Gasteiger partial charge on any atom is -0.478 e. The largest absolute Gasteiger partial charge is 0.478 e. The molecule has 0 radical (unpaired) electrons. The number of para-hydroxylation sites is 1. The van der Waals surface area contributed by atoms with Crippen molar-refractivity contribution in [1.29, 1.82) is 0 Å². The summed E-state index contributed by atoms with van der Waals surface area (Å²) in [6.07, 6.45) is 2.70. The molecule has 0 aliphatic carbocycles. The highest BCUT2D eigenvalue weighted by Crippen LogP contribution is 2.18. The van der Waals surface area contributed by atoms with Crippen LogP contribution in [0.5, 0.6) is 0 Å². The maximum atomic E-state index is 11.3. The molecule has 0 saturated heterocycles. The van der Waals surface area contributed by atoms with Crippen molar-refractivity contribution in [3.05, 3.63) is 30.1 Å². The van der Waals surface area contributed by atoms with Gasteiger partial charge in [0.25, 0.3) is 0 Å². The van der Waals surface area contributed by atoms with Crippen LogP contribution in [-0.2, 0) is 6.54 Å². The van der Waals surface area contributed by atoms with Crippen LogP contribution in [0.1, 0.15) is 30.6 Å². The zero-order chi connectivity index (χ0) is 14.7. The third-order valence-electron chi connectivity index (χ3n) is 3.66. The first-order chi connectivity index (χ1) is 9.50. The normalized spacial score (nSPS) is 11.7. The fourth-order valence-electron chi connectivity index (χ4n) is 2.22. The van der Waals surface area contributed by atoms with Gasteiger partial charge in [0.15, 0.2) is 0 Å². The van der Waals surface area contributed by atoms with Crippen molar-refractivity contribution in [2.45, 2.75) is 32.9 Å². The first kappa shape index (κ1) is 14.5. The predicted octanol–water partition coefficient (Wildman–Crippen LogP) is 2.46. The average molecular weight is 275 g/mol. The molecule has 1 aromatic heterocycles. The number of rotatable bonds is 6. The molecule has 0 fully saturated rings. The monoisotopic (exact) mass is 275 g/mol. The minimum absolute atomic E-state index is 0.317. The number of aromatic carboxylic acids is 1. The number of hydrogen-bond acceptors (Lipinski definition) is 3. The Morgan fingerprint density at radius 2 is 2.20 bits per heavy atom. The van der Waals surface area contributed by atoms with Crippen molar-refractivity contribution >= 4 is 17.0 Å². The van der Waals surface area contributed by atoms with Crippen LogP contribution in [0.25, 0.3) is 11.0 Å². The molecule has 0 saturated carbocycles. The summed E-state index contributed by atoms with van der Waals surface area (Å²) in [6, 6.07) is 5.72. The third kappa shape index (κ3) is 2.99. The molecule has 108 valence electrons. The quantitative estimate of drug-likeness (QED) is 0.880. The molecule has 2 aromatic rings. The predicted molar refractivity (Wildman–Crippen MR) is 79.1 cm³/mol. The highest BCUT2D eigenvalue weighted by molar-refractivity contribution is 6.01. The van der Waals surface area contributed by atoms with Crippen LogP contribution in [0, 0.1) is 0 Å². The van der Waals surface area contributed by atoms with Gasteiger partial charge >= 0.3 is 5.97 Å². The van der Waals surface area contributed by atoms with Crippen LogP contribution in [0.2, 0.25) is 0 Å². The summed E-state index contributed by atoms with van der Waals surface area (Å²) in [5.41, 5.74) is 1.77. The van der Waals surface area contributed by atoms with E-state index in [0.717, 1.165) is 25.0 Å². The van der Waals surface area contributed by atoms with Gasteiger partial charge in [0.2, 0.25) is 0 Å². The maximum absolute atomic E-state index is 11.3. The fourth-order valence-corrected chi connectivity index (χ4v) is 2.22. The molecular formula is C15H21N3O2. The highest BCUT2D eigenvalue weighted by atomic mass is 16.4. The number of hydrogen-bond donors (Lipinski definition) is 1. The van der Waals surface area contributed by atoms with E-state index in [0.29, 0.717) is 17.1 Å². The molecule has 1 N–H and O–H groups in total. The van der Waals surface area contributed by atoms with Crippen LogP contribution < -0.4 is 0 Å². The van der Waals surface area contributed by atoms with E-state index in [-0.39, 0.29) is 0 Å². The lowest BCUT2D eigenvalue weighted by Crippen LogP contribution is -2.27. The van der Waals surface area contributed by atoms with E-state index in [1.54, 1.807) is 18.5 Å². The molecular weight excluding hydrogens is 254 g/mol. The first-order valence-corrected chi connectivity index (χ1v) is 6.88. The van der Waals surface area contributed by atoms with Gasteiger partial charge in [0.05, 0.1) is 22.9 Å². The molecule has 5 heteroatoms. The summed E-state index contributed by atoms with van der Waals surface area (Å²) in [5.74, 6) is -0.906. The van der Waals surface area contributed by atoms with Crippen LogP contribution >= 0.6 is 0 Å². The van der Waals surface area contributed by atoms with Crippen LogP contribution in [-0.4, -0.2) is 45.2 Å². The van der Waals surface area contributed by atoms with E-state index < -0.39 is 5.97 Å². The molecule has 1 heterocycles. The van der Waals surface area contributed by atoms with Crippen LogP contribution in [0.15, 0.2) is 24.5 Å². The smallest absolute Gasteiger partial charge is 0.337 e.